The molecular formula is C16H19NO3. The molecule has 2 aromatic rings. The SMILES string of the molecule is CC(C1CC1)N(C)Cc1c(C(=O)O)oc2ccccc12. The average Bonchev–Trinajstić information content (AvgIpc) is 3.21. The van der Waals surface area contributed by atoms with Crippen LogP contribution in [0.15, 0.2) is 28.7 Å². The van der Waals surface area contributed by atoms with Crippen LogP contribution in [-0.2, 0) is 6.54 Å². The molecule has 1 saturated carbocycles. The molecule has 1 heterocycles. The van der Waals surface area contributed by atoms with Crippen LogP contribution in [0.3, 0.4) is 0 Å². The molecule has 4 heteroatoms. The number of benzene rings is 1. The lowest BCUT2D eigenvalue weighted by molar-refractivity contribution is 0.0661. The second-order valence-corrected chi connectivity index (χ2v) is 5.70. The highest BCUT2D eigenvalue weighted by atomic mass is 16.4. The highest BCUT2D eigenvalue weighted by molar-refractivity contribution is 5.95. The van der Waals surface area contributed by atoms with Crippen LogP contribution < -0.4 is 0 Å². The van der Waals surface area contributed by atoms with E-state index in [2.05, 4.69) is 18.9 Å². The van der Waals surface area contributed by atoms with Crippen molar-refractivity contribution in [1.29, 1.82) is 0 Å². The molecule has 0 bridgehead atoms. The normalized spacial score (nSPS) is 16.8. The highest BCUT2D eigenvalue weighted by Crippen LogP contribution is 2.36. The van der Waals surface area contributed by atoms with Gasteiger partial charge in [-0.1, -0.05) is 18.2 Å². The Kier molecular flexibility index (Phi) is 3.26. The first-order chi connectivity index (χ1) is 9.58. The van der Waals surface area contributed by atoms with Gasteiger partial charge in [0.1, 0.15) is 5.58 Å². The number of hydrogen-bond acceptors (Lipinski definition) is 3. The number of carboxylic acids is 1. The number of fused-ring (bicyclic) bond motifs is 1. The van der Waals surface area contributed by atoms with Gasteiger partial charge in [-0.15, -0.1) is 0 Å². The molecule has 1 aromatic carbocycles. The van der Waals surface area contributed by atoms with E-state index in [-0.39, 0.29) is 5.76 Å². The summed E-state index contributed by atoms with van der Waals surface area (Å²) in [6, 6.07) is 7.99. The van der Waals surface area contributed by atoms with Crippen molar-refractivity contribution >= 4 is 16.9 Å². The smallest absolute Gasteiger partial charge is 0.372 e. The zero-order chi connectivity index (χ0) is 14.3. The third-order valence-corrected chi connectivity index (χ3v) is 4.30. The number of furan rings is 1. The van der Waals surface area contributed by atoms with Crippen molar-refractivity contribution in [1.82, 2.24) is 4.90 Å². The molecule has 106 valence electrons. The minimum Gasteiger partial charge on any atom is -0.475 e. The van der Waals surface area contributed by atoms with Gasteiger partial charge in [0.2, 0.25) is 5.76 Å². The number of aromatic carboxylic acids is 1. The quantitative estimate of drug-likeness (QED) is 0.907. The number of hydrogen-bond donors (Lipinski definition) is 1. The monoisotopic (exact) mass is 273 g/mol. The van der Waals surface area contributed by atoms with Crippen molar-refractivity contribution in [3.63, 3.8) is 0 Å². The van der Waals surface area contributed by atoms with Gasteiger partial charge in [0.05, 0.1) is 0 Å². The first-order valence-corrected chi connectivity index (χ1v) is 7.02. The molecule has 0 radical (unpaired) electrons. The lowest BCUT2D eigenvalue weighted by Crippen LogP contribution is -2.30. The molecule has 0 saturated heterocycles. The van der Waals surface area contributed by atoms with Gasteiger partial charge in [-0.25, -0.2) is 4.79 Å². The summed E-state index contributed by atoms with van der Waals surface area (Å²) in [7, 11) is 2.05. The molecule has 4 nitrogen and oxygen atoms in total. The molecule has 1 aliphatic carbocycles. The summed E-state index contributed by atoms with van der Waals surface area (Å²) in [6.45, 7) is 2.82. The summed E-state index contributed by atoms with van der Waals surface area (Å²) >= 11 is 0. The fraction of sp³-hybridized carbons (Fsp3) is 0.438. The Hall–Kier alpha value is -1.81. The molecule has 0 aliphatic heterocycles. The van der Waals surface area contributed by atoms with E-state index in [4.69, 9.17) is 4.42 Å². The summed E-state index contributed by atoms with van der Waals surface area (Å²) in [5, 5.41) is 10.2. The van der Waals surface area contributed by atoms with E-state index in [1.165, 1.54) is 12.8 Å². The van der Waals surface area contributed by atoms with Crippen LogP contribution in [0, 0.1) is 5.92 Å². The molecule has 1 unspecified atom stereocenters. The van der Waals surface area contributed by atoms with Crippen LogP contribution >= 0.6 is 0 Å². The Morgan fingerprint density at radius 1 is 1.45 bits per heavy atom. The molecule has 1 fully saturated rings. The fourth-order valence-electron chi connectivity index (χ4n) is 2.76. The van der Waals surface area contributed by atoms with Gasteiger partial charge in [0.25, 0.3) is 0 Å². The predicted octanol–water partition coefficient (Wildman–Crippen LogP) is 3.36. The van der Waals surface area contributed by atoms with E-state index >= 15 is 0 Å². The number of para-hydroxylation sites is 1. The van der Waals surface area contributed by atoms with Crippen molar-refractivity contribution in [2.24, 2.45) is 5.92 Å². The molecule has 0 spiro atoms. The zero-order valence-electron chi connectivity index (χ0n) is 11.8. The van der Waals surface area contributed by atoms with Crippen molar-refractivity contribution in [2.75, 3.05) is 7.05 Å². The van der Waals surface area contributed by atoms with Crippen LogP contribution in [0.2, 0.25) is 0 Å². The van der Waals surface area contributed by atoms with Crippen LogP contribution in [0.5, 0.6) is 0 Å². The molecule has 20 heavy (non-hydrogen) atoms. The first-order valence-electron chi connectivity index (χ1n) is 7.02. The van der Waals surface area contributed by atoms with Gasteiger partial charge >= 0.3 is 5.97 Å². The van der Waals surface area contributed by atoms with Crippen molar-refractivity contribution in [3.05, 3.63) is 35.6 Å². The van der Waals surface area contributed by atoms with Crippen LogP contribution in [0.1, 0.15) is 35.9 Å². The van der Waals surface area contributed by atoms with Gasteiger partial charge in [-0.05, 0) is 38.8 Å². The van der Waals surface area contributed by atoms with Gasteiger partial charge in [-0.3, -0.25) is 4.90 Å². The molecule has 1 atom stereocenters. The van der Waals surface area contributed by atoms with E-state index in [9.17, 15) is 9.90 Å². The van der Waals surface area contributed by atoms with Gasteiger partial charge in [0.15, 0.2) is 0 Å². The number of nitrogens with zero attached hydrogens (tertiary/aromatic N) is 1. The van der Waals surface area contributed by atoms with E-state index in [1.54, 1.807) is 0 Å². The molecule has 3 rings (SSSR count). The Bertz CT molecular complexity index is 642. The Morgan fingerprint density at radius 2 is 2.15 bits per heavy atom. The summed E-state index contributed by atoms with van der Waals surface area (Å²) in [4.78, 5) is 13.6. The fourth-order valence-corrected chi connectivity index (χ4v) is 2.76. The molecule has 1 aliphatic rings. The number of carboxylic acid groups (broad SMARTS) is 1. The Morgan fingerprint density at radius 3 is 2.80 bits per heavy atom. The highest BCUT2D eigenvalue weighted by Gasteiger charge is 2.31. The minimum absolute atomic E-state index is 0.0704. The first kappa shape index (κ1) is 13.2. The molecule has 1 N–H and O–H groups in total. The van der Waals surface area contributed by atoms with E-state index in [1.807, 2.05) is 24.3 Å². The van der Waals surface area contributed by atoms with Gasteiger partial charge < -0.3 is 9.52 Å². The second-order valence-electron chi connectivity index (χ2n) is 5.70. The van der Waals surface area contributed by atoms with Crippen molar-refractivity contribution < 1.29 is 14.3 Å². The largest absolute Gasteiger partial charge is 0.475 e. The van der Waals surface area contributed by atoms with Crippen LogP contribution in [-0.4, -0.2) is 29.1 Å². The third-order valence-electron chi connectivity index (χ3n) is 4.30. The van der Waals surface area contributed by atoms with E-state index in [0.29, 0.717) is 18.2 Å². The third kappa shape index (κ3) is 2.31. The zero-order valence-corrected chi connectivity index (χ0v) is 11.8. The maximum Gasteiger partial charge on any atom is 0.372 e. The maximum atomic E-state index is 11.4. The Labute approximate surface area is 118 Å². The standard InChI is InChI=1S/C16H19NO3/c1-10(11-7-8-11)17(2)9-13-12-5-3-4-6-14(12)20-15(13)16(18)19/h3-6,10-11H,7-9H2,1-2H3,(H,18,19). The second kappa shape index (κ2) is 4.94. The number of rotatable bonds is 5. The lowest BCUT2D eigenvalue weighted by Gasteiger charge is -2.24. The van der Waals surface area contributed by atoms with E-state index in [0.717, 1.165) is 16.9 Å². The Balaban J connectivity index is 1.96. The predicted molar refractivity (Wildman–Crippen MR) is 76.8 cm³/mol. The van der Waals surface area contributed by atoms with E-state index < -0.39 is 5.97 Å². The van der Waals surface area contributed by atoms with Gasteiger partial charge in [-0.2, -0.15) is 0 Å². The molecule has 0 amide bonds. The van der Waals surface area contributed by atoms with Gasteiger partial charge in [0, 0.05) is 23.5 Å². The number of carbonyl (C=O) groups is 1. The summed E-state index contributed by atoms with van der Waals surface area (Å²) in [6.07, 6.45) is 2.56. The molecular weight excluding hydrogens is 254 g/mol. The lowest BCUT2D eigenvalue weighted by atomic mass is 10.1. The van der Waals surface area contributed by atoms with Crippen molar-refractivity contribution in [3.8, 4) is 0 Å². The minimum atomic E-state index is -0.997. The topological polar surface area (TPSA) is 53.7 Å². The average molecular weight is 273 g/mol. The summed E-state index contributed by atoms with van der Waals surface area (Å²) in [5.41, 5.74) is 1.43. The van der Waals surface area contributed by atoms with Crippen LogP contribution in [0.25, 0.3) is 11.0 Å². The summed E-state index contributed by atoms with van der Waals surface area (Å²) in [5.74, 6) is -0.170. The summed E-state index contributed by atoms with van der Waals surface area (Å²) < 4.78 is 5.49. The maximum absolute atomic E-state index is 11.4. The van der Waals surface area contributed by atoms with Crippen LogP contribution in [0.4, 0.5) is 0 Å². The van der Waals surface area contributed by atoms with Crippen molar-refractivity contribution in [2.45, 2.75) is 32.4 Å². The molecule has 1 aromatic heterocycles.